The smallest absolute Gasteiger partial charge is 0.349 e. The van der Waals surface area contributed by atoms with Crippen molar-refractivity contribution in [3.05, 3.63) is 91.3 Å². The molecule has 0 radical (unpaired) electrons. The summed E-state index contributed by atoms with van der Waals surface area (Å²) in [4.78, 5) is 44.8. The summed E-state index contributed by atoms with van der Waals surface area (Å²) in [5, 5.41) is 3.15. The average molecular weight is 502 g/mol. The molecule has 11 heteroatoms. The van der Waals surface area contributed by atoms with Crippen molar-refractivity contribution in [1.82, 2.24) is 19.0 Å². The molecule has 0 saturated heterocycles. The number of benzene rings is 1. The van der Waals surface area contributed by atoms with Crippen molar-refractivity contribution >= 4 is 11.9 Å². The molecule has 8 nitrogen and oxygen atoms in total. The van der Waals surface area contributed by atoms with Gasteiger partial charge >= 0.3 is 6.18 Å². The number of alkyl halides is 3. The quantitative estimate of drug-likeness (QED) is 0.579. The number of carbonyl (C=O) groups excluding carboxylic acids is 1. The van der Waals surface area contributed by atoms with Gasteiger partial charge in [0.25, 0.3) is 17.0 Å². The van der Waals surface area contributed by atoms with Crippen LogP contribution in [0.1, 0.15) is 52.6 Å². The molecular weight excluding hydrogens is 475 g/mol. The van der Waals surface area contributed by atoms with E-state index in [0.717, 1.165) is 12.1 Å². The van der Waals surface area contributed by atoms with Crippen LogP contribution in [0.3, 0.4) is 0 Å². The van der Waals surface area contributed by atoms with Crippen LogP contribution < -0.4 is 16.4 Å². The number of aromatic nitrogens is 3. The van der Waals surface area contributed by atoms with Crippen LogP contribution in [-0.2, 0) is 32.7 Å². The van der Waals surface area contributed by atoms with Crippen molar-refractivity contribution in [3.63, 3.8) is 0 Å². The molecule has 3 aromatic rings. The summed E-state index contributed by atoms with van der Waals surface area (Å²) in [6.45, 7) is 4.18. The topological polar surface area (TPSA) is 89.2 Å². The first-order valence-electron chi connectivity index (χ1n) is 11.5. The second kappa shape index (κ2) is 9.63. The van der Waals surface area contributed by atoms with Crippen LogP contribution in [0, 0.1) is 0 Å². The lowest BCUT2D eigenvalue weighted by atomic mass is 10.0. The van der Waals surface area contributed by atoms with Gasteiger partial charge in [-0.25, -0.2) is 4.98 Å². The third kappa shape index (κ3) is 4.77. The Labute approximate surface area is 205 Å². The lowest BCUT2D eigenvalue weighted by molar-refractivity contribution is -0.137. The van der Waals surface area contributed by atoms with E-state index >= 15 is 0 Å². The molecule has 2 aromatic heterocycles. The van der Waals surface area contributed by atoms with E-state index in [4.69, 9.17) is 0 Å². The van der Waals surface area contributed by atoms with E-state index in [2.05, 4.69) is 10.3 Å². The zero-order valence-corrected chi connectivity index (χ0v) is 20.1. The number of fused-ring (bicyclic) bond motifs is 1. The Morgan fingerprint density at radius 1 is 1.14 bits per heavy atom. The molecule has 3 heterocycles. The standard InChI is InChI=1S/C25H26F3N5O3/c1-4-33-23(36)19-14-32(22(35)18-6-5-12-31(3)21(18)34)13-11-20(19)30-24(33)29-15(2)16-7-9-17(10-8-16)25(26,27)28/h5-10,12,15H,4,11,13-14H2,1-3H3,(H,29,30). The number of rotatable bonds is 5. The molecule has 190 valence electrons. The fourth-order valence-corrected chi connectivity index (χ4v) is 4.26. The van der Waals surface area contributed by atoms with Gasteiger partial charge in [0, 0.05) is 32.8 Å². The molecule has 1 unspecified atom stereocenters. The molecule has 1 amide bonds. The molecule has 1 aromatic carbocycles. The third-order valence-corrected chi connectivity index (χ3v) is 6.36. The Morgan fingerprint density at radius 2 is 1.83 bits per heavy atom. The van der Waals surface area contributed by atoms with Gasteiger partial charge in [-0.15, -0.1) is 0 Å². The molecule has 0 spiro atoms. The monoisotopic (exact) mass is 501 g/mol. The van der Waals surface area contributed by atoms with Crippen molar-refractivity contribution in [1.29, 1.82) is 0 Å². The largest absolute Gasteiger partial charge is 0.416 e. The Kier molecular flexibility index (Phi) is 6.75. The number of hydrogen-bond acceptors (Lipinski definition) is 5. The summed E-state index contributed by atoms with van der Waals surface area (Å²) in [5.74, 6) is -0.132. The lowest BCUT2D eigenvalue weighted by Gasteiger charge is -2.29. The van der Waals surface area contributed by atoms with Crippen LogP contribution >= 0.6 is 0 Å². The van der Waals surface area contributed by atoms with Gasteiger partial charge in [-0.05, 0) is 43.7 Å². The van der Waals surface area contributed by atoms with Gasteiger partial charge in [0.1, 0.15) is 5.56 Å². The van der Waals surface area contributed by atoms with Crippen molar-refractivity contribution in [2.75, 3.05) is 11.9 Å². The van der Waals surface area contributed by atoms with E-state index in [-0.39, 0.29) is 17.7 Å². The number of nitrogens with zero attached hydrogens (tertiary/aromatic N) is 4. The van der Waals surface area contributed by atoms with Crippen molar-refractivity contribution in [3.8, 4) is 0 Å². The molecule has 0 fully saturated rings. The van der Waals surface area contributed by atoms with Gasteiger partial charge in [-0.2, -0.15) is 13.2 Å². The van der Waals surface area contributed by atoms with Gasteiger partial charge in [-0.3, -0.25) is 19.0 Å². The highest BCUT2D eigenvalue weighted by Crippen LogP contribution is 2.30. The molecule has 36 heavy (non-hydrogen) atoms. The lowest BCUT2D eigenvalue weighted by Crippen LogP contribution is -2.43. The minimum atomic E-state index is -4.42. The number of hydrogen-bond donors (Lipinski definition) is 1. The van der Waals surface area contributed by atoms with Crippen LogP contribution in [0.15, 0.2) is 52.2 Å². The van der Waals surface area contributed by atoms with Crippen LogP contribution in [0.4, 0.5) is 19.1 Å². The number of anilines is 1. The highest BCUT2D eigenvalue weighted by atomic mass is 19.4. The molecule has 4 rings (SSSR count). The fraction of sp³-hybridized carbons (Fsp3) is 0.360. The van der Waals surface area contributed by atoms with Crippen molar-refractivity contribution < 1.29 is 18.0 Å². The highest BCUT2D eigenvalue weighted by Gasteiger charge is 2.31. The summed E-state index contributed by atoms with van der Waals surface area (Å²) in [5.41, 5.74) is 0.143. The minimum Gasteiger partial charge on any atom is -0.349 e. The van der Waals surface area contributed by atoms with Gasteiger partial charge in [0.15, 0.2) is 0 Å². The number of halogens is 3. The Hall–Kier alpha value is -3.89. The van der Waals surface area contributed by atoms with Gasteiger partial charge in [-0.1, -0.05) is 12.1 Å². The van der Waals surface area contributed by atoms with Crippen molar-refractivity contribution in [2.45, 2.75) is 45.6 Å². The normalized spacial score (nSPS) is 14.3. The van der Waals surface area contributed by atoms with Crippen LogP contribution in [0.5, 0.6) is 0 Å². The molecule has 1 atom stereocenters. The number of aryl methyl sites for hydroxylation is 1. The summed E-state index contributed by atoms with van der Waals surface area (Å²) in [6.07, 6.45) is -2.52. The Bertz CT molecular complexity index is 1410. The zero-order chi connectivity index (χ0) is 26.2. The summed E-state index contributed by atoms with van der Waals surface area (Å²) < 4.78 is 41.4. The average Bonchev–Trinajstić information content (AvgIpc) is 2.85. The fourth-order valence-electron chi connectivity index (χ4n) is 4.26. The first-order valence-corrected chi connectivity index (χ1v) is 11.5. The predicted octanol–water partition coefficient (Wildman–Crippen LogP) is 3.35. The Morgan fingerprint density at radius 3 is 2.47 bits per heavy atom. The highest BCUT2D eigenvalue weighted by molar-refractivity contribution is 5.94. The molecule has 0 bridgehead atoms. The predicted molar refractivity (Wildman–Crippen MR) is 128 cm³/mol. The van der Waals surface area contributed by atoms with Gasteiger partial charge in [0.2, 0.25) is 5.95 Å². The van der Waals surface area contributed by atoms with E-state index in [1.54, 1.807) is 33.2 Å². The maximum atomic E-state index is 13.3. The van der Waals surface area contributed by atoms with Gasteiger partial charge in [0.05, 0.1) is 29.4 Å². The summed E-state index contributed by atoms with van der Waals surface area (Å²) >= 11 is 0. The SMILES string of the molecule is CCn1c(NC(C)c2ccc(C(F)(F)F)cc2)nc2c(c1=O)CN(C(=O)c1cccn(C)c1=O)CC2. The zero-order valence-electron chi connectivity index (χ0n) is 20.1. The van der Waals surface area contributed by atoms with E-state index in [1.807, 2.05) is 0 Å². The number of amides is 1. The first kappa shape index (κ1) is 25.2. The Balaban J connectivity index is 1.59. The van der Waals surface area contributed by atoms with Crippen molar-refractivity contribution in [2.24, 2.45) is 7.05 Å². The maximum absolute atomic E-state index is 13.3. The summed E-state index contributed by atoms with van der Waals surface area (Å²) in [6, 6.07) is 7.51. The minimum absolute atomic E-state index is 0.0345. The molecule has 1 aliphatic rings. The third-order valence-electron chi connectivity index (χ3n) is 6.36. The molecule has 0 aliphatic carbocycles. The van der Waals surface area contributed by atoms with Crippen LogP contribution in [-0.4, -0.2) is 31.5 Å². The van der Waals surface area contributed by atoms with E-state index in [9.17, 15) is 27.6 Å². The number of carbonyl (C=O) groups is 1. The van der Waals surface area contributed by atoms with E-state index in [1.165, 1.54) is 32.2 Å². The molecular formula is C25H26F3N5O3. The van der Waals surface area contributed by atoms with E-state index < -0.39 is 29.2 Å². The number of pyridine rings is 1. The molecule has 1 N–H and O–H groups in total. The second-order valence-electron chi connectivity index (χ2n) is 8.71. The van der Waals surface area contributed by atoms with Crippen LogP contribution in [0.25, 0.3) is 0 Å². The van der Waals surface area contributed by atoms with Crippen LogP contribution in [0.2, 0.25) is 0 Å². The van der Waals surface area contributed by atoms with Gasteiger partial charge < -0.3 is 14.8 Å². The van der Waals surface area contributed by atoms with E-state index in [0.29, 0.717) is 42.3 Å². The summed E-state index contributed by atoms with van der Waals surface area (Å²) in [7, 11) is 1.56. The second-order valence-corrected chi connectivity index (χ2v) is 8.71. The molecule has 0 saturated carbocycles. The maximum Gasteiger partial charge on any atom is 0.416 e. The first-order chi connectivity index (χ1) is 17.0. The molecule has 1 aliphatic heterocycles. The number of nitrogens with one attached hydrogen (secondary N) is 1.